The van der Waals surface area contributed by atoms with E-state index < -0.39 is 0 Å². The van der Waals surface area contributed by atoms with Gasteiger partial charge in [0.2, 0.25) is 0 Å². The third kappa shape index (κ3) is 4.01. The van der Waals surface area contributed by atoms with Gasteiger partial charge in [-0.25, -0.2) is 4.98 Å². The molecule has 8 heteroatoms. The molecular weight excluding hydrogens is 334 g/mol. The molecule has 0 saturated carbocycles. The van der Waals surface area contributed by atoms with E-state index in [0.717, 1.165) is 31.5 Å². The van der Waals surface area contributed by atoms with Gasteiger partial charge in [0.1, 0.15) is 12.4 Å². The zero-order chi connectivity index (χ0) is 18.5. The van der Waals surface area contributed by atoms with Gasteiger partial charge < -0.3 is 19.1 Å². The van der Waals surface area contributed by atoms with E-state index in [2.05, 4.69) is 15.1 Å². The quantitative estimate of drug-likeness (QED) is 0.810. The number of carbonyl (C=O) groups excluding carboxylic acids is 1. The molecular formula is C18H25N5O3. The monoisotopic (exact) mass is 359 g/mol. The Morgan fingerprint density at radius 1 is 1.35 bits per heavy atom. The molecule has 0 N–H and O–H groups in total. The van der Waals surface area contributed by atoms with E-state index in [1.54, 1.807) is 13.3 Å². The molecule has 26 heavy (non-hydrogen) atoms. The Morgan fingerprint density at radius 3 is 2.88 bits per heavy atom. The second-order valence-corrected chi connectivity index (χ2v) is 6.64. The van der Waals surface area contributed by atoms with Gasteiger partial charge in [-0.05, 0) is 25.0 Å². The van der Waals surface area contributed by atoms with Gasteiger partial charge in [-0.15, -0.1) is 0 Å². The van der Waals surface area contributed by atoms with Crippen molar-refractivity contribution in [1.29, 1.82) is 0 Å². The molecule has 8 nitrogen and oxygen atoms in total. The van der Waals surface area contributed by atoms with Crippen molar-refractivity contribution in [2.75, 3.05) is 32.6 Å². The molecule has 1 aliphatic rings. The number of hydrogen-bond acceptors (Lipinski definition) is 7. The van der Waals surface area contributed by atoms with Crippen molar-refractivity contribution in [3.8, 4) is 0 Å². The summed E-state index contributed by atoms with van der Waals surface area (Å²) in [6.45, 7) is 0.941. The lowest BCUT2D eigenvalue weighted by molar-refractivity contribution is 0.0670. The molecule has 1 saturated heterocycles. The Bertz CT molecular complexity index is 729. The number of rotatable bonds is 5. The molecule has 2 aromatic rings. The van der Waals surface area contributed by atoms with Crippen LogP contribution in [0.25, 0.3) is 0 Å². The van der Waals surface area contributed by atoms with Gasteiger partial charge in [0.05, 0.1) is 11.6 Å². The van der Waals surface area contributed by atoms with Crippen molar-refractivity contribution in [2.45, 2.75) is 38.3 Å². The first-order valence-electron chi connectivity index (χ1n) is 8.86. The normalized spacial score (nSPS) is 17.8. The molecule has 0 spiro atoms. The SMILES string of the molecule is COCc1nc([C@H]2CCCCCN2C(=O)c2ccc(N(C)C)nc2)no1. The number of carbonyl (C=O) groups is 1. The zero-order valence-electron chi connectivity index (χ0n) is 15.5. The van der Waals surface area contributed by atoms with E-state index in [0.29, 0.717) is 23.8 Å². The van der Waals surface area contributed by atoms with Crippen molar-refractivity contribution < 1.29 is 14.1 Å². The molecule has 0 radical (unpaired) electrons. The highest BCUT2D eigenvalue weighted by Gasteiger charge is 2.31. The average molecular weight is 359 g/mol. The van der Waals surface area contributed by atoms with Crippen LogP contribution in [0.2, 0.25) is 0 Å². The minimum Gasteiger partial charge on any atom is -0.375 e. The summed E-state index contributed by atoms with van der Waals surface area (Å²) in [5.41, 5.74) is 0.572. The molecule has 0 unspecified atom stereocenters. The van der Waals surface area contributed by atoms with Gasteiger partial charge in [0.15, 0.2) is 5.82 Å². The Morgan fingerprint density at radius 2 is 2.19 bits per heavy atom. The third-order valence-electron chi connectivity index (χ3n) is 4.52. The number of nitrogens with zero attached hydrogens (tertiary/aromatic N) is 5. The summed E-state index contributed by atoms with van der Waals surface area (Å²) in [6, 6.07) is 3.48. The van der Waals surface area contributed by atoms with Crippen LogP contribution in [-0.2, 0) is 11.3 Å². The lowest BCUT2D eigenvalue weighted by Gasteiger charge is -2.28. The predicted molar refractivity (Wildman–Crippen MR) is 95.8 cm³/mol. The number of likely N-dealkylation sites (tertiary alicyclic amines) is 1. The molecule has 0 aromatic carbocycles. The second-order valence-electron chi connectivity index (χ2n) is 6.64. The highest BCUT2D eigenvalue weighted by molar-refractivity contribution is 5.94. The minimum atomic E-state index is -0.187. The van der Waals surface area contributed by atoms with Crippen LogP contribution >= 0.6 is 0 Å². The first kappa shape index (κ1) is 18.3. The fourth-order valence-electron chi connectivity index (χ4n) is 3.15. The highest BCUT2D eigenvalue weighted by atomic mass is 16.5. The molecule has 1 atom stereocenters. The maximum absolute atomic E-state index is 13.1. The lowest BCUT2D eigenvalue weighted by atomic mass is 10.1. The smallest absolute Gasteiger partial charge is 0.256 e. The van der Waals surface area contributed by atoms with Crippen LogP contribution in [0.15, 0.2) is 22.9 Å². The number of anilines is 1. The summed E-state index contributed by atoms with van der Waals surface area (Å²) in [5, 5.41) is 4.08. The van der Waals surface area contributed by atoms with Gasteiger partial charge in [0.25, 0.3) is 11.8 Å². The Hall–Kier alpha value is -2.48. The fourth-order valence-corrected chi connectivity index (χ4v) is 3.15. The van der Waals surface area contributed by atoms with Crippen LogP contribution in [-0.4, -0.2) is 53.7 Å². The van der Waals surface area contributed by atoms with Gasteiger partial charge >= 0.3 is 0 Å². The molecule has 1 fully saturated rings. The van der Waals surface area contributed by atoms with Crippen molar-refractivity contribution in [1.82, 2.24) is 20.0 Å². The number of aromatic nitrogens is 3. The van der Waals surface area contributed by atoms with Crippen LogP contribution in [0.3, 0.4) is 0 Å². The van der Waals surface area contributed by atoms with Crippen LogP contribution in [0.4, 0.5) is 5.82 Å². The molecule has 0 bridgehead atoms. The van der Waals surface area contributed by atoms with Crippen molar-refractivity contribution >= 4 is 11.7 Å². The molecule has 140 valence electrons. The van der Waals surface area contributed by atoms with E-state index in [1.807, 2.05) is 36.0 Å². The number of ether oxygens (including phenoxy) is 1. The molecule has 3 rings (SSSR count). The van der Waals surface area contributed by atoms with E-state index in [-0.39, 0.29) is 18.6 Å². The van der Waals surface area contributed by atoms with Crippen molar-refractivity contribution in [2.24, 2.45) is 0 Å². The maximum atomic E-state index is 13.1. The molecule has 3 heterocycles. The van der Waals surface area contributed by atoms with Crippen LogP contribution < -0.4 is 4.90 Å². The zero-order valence-corrected chi connectivity index (χ0v) is 15.5. The van der Waals surface area contributed by atoms with E-state index in [4.69, 9.17) is 9.26 Å². The van der Waals surface area contributed by atoms with Gasteiger partial charge in [0, 0.05) is 33.9 Å². The third-order valence-corrected chi connectivity index (χ3v) is 4.52. The van der Waals surface area contributed by atoms with E-state index in [9.17, 15) is 4.79 Å². The van der Waals surface area contributed by atoms with Gasteiger partial charge in [-0.2, -0.15) is 4.98 Å². The van der Waals surface area contributed by atoms with Crippen LogP contribution in [0, 0.1) is 0 Å². The summed E-state index contributed by atoms with van der Waals surface area (Å²) >= 11 is 0. The Labute approximate surface area is 153 Å². The van der Waals surface area contributed by atoms with E-state index >= 15 is 0 Å². The second kappa shape index (κ2) is 8.27. The average Bonchev–Trinajstić information content (AvgIpc) is 2.97. The summed E-state index contributed by atoms with van der Waals surface area (Å²) in [7, 11) is 5.42. The fraction of sp³-hybridized carbons (Fsp3) is 0.556. The highest BCUT2D eigenvalue weighted by Crippen LogP contribution is 2.30. The Balaban J connectivity index is 1.84. The number of amides is 1. The van der Waals surface area contributed by atoms with Crippen LogP contribution in [0.5, 0.6) is 0 Å². The van der Waals surface area contributed by atoms with Crippen molar-refractivity contribution in [3.05, 3.63) is 35.6 Å². The summed E-state index contributed by atoms with van der Waals surface area (Å²) in [4.78, 5) is 25.6. The summed E-state index contributed by atoms with van der Waals surface area (Å²) < 4.78 is 10.3. The van der Waals surface area contributed by atoms with Gasteiger partial charge in [-0.3, -0.25) is 4.79 Å². The Kier molecular flexibility index (Phi) is 5.82. The first-order valence-corrected chi connectivity index (χ1v) is 8.86. The summed E-state index contributed by atoms with van der Waals surface area (Å²) in [6.07, 6.45) is 5.53. The molecule has 1 aliphatic heterocycles. The maximum Gasteiger partial charge on any atom is 0.256 e. The van der Waals surface area contributed by atoms with Gasteiger partial charge in [-0.1, -0.05) is 18.0 Å². The van der Waals surface area contributed by atoms with Crippen LogP contribution in [0.1, 0.15) is 53.8 Å². The van der Waals surface area contributed by atoms with Crippen molar-refractivity contribution in [3.63, 3.8) is 0 Å². The topological polar surface area (TPSA) is 84.6 Å². The summed E-state index contributed by atoms with van der Waals surface area (Å²) in [5.74, 6) is 1.74. The largest absolute Gasteiger partial charge is 0.375 e. The standard InChI is InChI=1S/C18H25N5O3/c1-22(2)15-9-8-13(11-19-15)18(24)23-10-6-4-5-7-14(23)17-20-16(12-25-3)26-21-17/h8-9,11,14H,4-7,10,12H2,1-3H3/t14-/m1/s1. The molecule has 0 aliphatic carbocycles. The van der Waals surface area contributed by atoms with E-state index in [1.165, 1.54) is 0 Å². The number of hydrogen-bond donors (Lipinski definition) is 0. The number of pyridine rings is 1. The lowest BCUT2D eigenvalue weighted by Crippen LogP contribution is -2.35. The molecule has 2 aromatic heterocycles. The number of methoxy groups -OCH3 is 1. The molecule has 1 amide bonds. The first-order chi connectivity index (χ1) is 12.6. The predicted octanol–water partition coefficient (Wildman–Crippen LogP) is 2.43. The minimum absolute atomic E-state index is 0.0483.